The Morgan fingerprint density at radius 1 is 1.30 bits per heavy atom. The maximum absolute atomic E-state index is 13.8. The van der Waals surface area contributed by atoms with Crippen LogP contribution in [0.4, 0.5) is 8.78 Å². The number of benzene rings is 1. The molecule has 7 heteroatoms. The number of rotatable bonds is 3. The molecule has 1 aromatic heterocycles. The highest BCUT2D eigenvalue weighted by Gasteiger charge is 2.39. The van der Waals surface area contributed by atoms with E-state index in [1.807, 2.05) is 0 Å². The Balaban J connectivity index is 1.52. The van der Waals surface area contributed by atoms with E-state index in [2.05, 4.69) is 15.6 Å². The van der Waals surface area contributed by atoms with E-state index in [0.29, 0.717) is 17.0 Å². The molecule has 4 nitrogen and oxygen atoms in total. The van der Waals surface area contributed by atoms with Gasteiger partial charge in [-0.1, -0.05) is 6.07 Å². The average Bonchev–Trinajstić information content (AvgIpc) is 3.23. The number of carbonyl (C=O) groups is 1. The number of aromatic nitrogens is 1. The molecule has 2 bridgehead atoms. The zero-order valence-corrected chi connectivity index (χ0v) is 13.0. The van der Waals surface area contributed by atoms with Crippen LogP contribution in [-0.2, 0) is 0 Å². The molecule has 2 saturated heterocycles. The van der Waals surface area contributed by atoms with Gasteiger partial charge in [-0.05, 0) is 31.4 Å². The van der Waals surface area contributed by atoms with Gasteiger partial charge in [-0.2, -0.15) is 0 Å². The summed E-state index contributed by atoms with van der Waals surface area (Å²) >= 11 is 1.00. The van der Waals surface area contributed by atoms with E-state index in [4.69, 9.17) is 0 Å². The molecule has 3 atom stereocenters. The minimum Gasteiger partial charge on any atom is -0.347 e. The molecular weight excluding hydrogens is 320 g/mol. The van der Waals surface area contributed by atoms with Crippen LogP contribution in [0, 0.1) is 11.6 Å². The Kier molecular flexibility index (Phi) is 3.61. The molecule has 3 heterocycles. The fourth-order valence-electron chi connectivity index (χ4n) is 3.42. The number of thiazole rings is 1. The number of halogens is 2. The smallest absolute Gasteiger partial charge is 0.263 e. The van der Waals surface area contributed by atoms with Crippen molar-refractivity contribution in [1.82, 2.24) is 15.6 Å². The molecule has 0 aliphatic carbocycles. The van der Waals surface area contributed by atoms with E-state index in [1.165, 1.54) is 24.4 Å². The quantitative estimate of drug-likeness (QED) is 0.907. The summed E-state index contributed by atoms with van der Waals surface area (Å²) < 4.78 is 27.6. The maximum atomic E-state index is 13.8. The van der Waals surface area contributed by atoms with Crippen molar-refractivity contribution in [3.63, 3.8) is 0 Å². The van der Waals surface area contributed by atoms with Gasteiger partial charge in [0.2, 0.25) is 0 Å². The highest BCUT2D eigenvalue weighted by Crippen LogP contribution is 2.31. The lowest BCUT2D eigenvalue weighted by atomic mass is 9.95. The molecule has 23 heavy (non-hydrogen) atoms. The Hall–Kier alpha value is -1.86. The maximum Gasteiger partial charge on any atom is 0.263 e. The molecule has 2 N–H and O–H groups in total. The third-order valence-electron chi connectivity index (χ3n) is 4.52. The van der Waals surface area contributed by atoms with E-state index in [-0.39, 0.29) is 22.5 Å². The molecule has 120 valence electrons. The van der Waals surface area contributed by atoms with Gasteiger partial charge < -0.3 is 10.6 Å². The van der Waals surface area contributed by atoms with Crippen molar-refractivity contribution < 1.29 is 13.6 Å². The molecule has 1 amide bonds. The molecule has 0 spiro atoms. The number of hydrogen-bond donors (Lipinski definition) is 2. The first-order valence-electron chi connectivity index (χ1n) is 7.59. The lowest BCUT2D eigenvalue weighted by Gasteiger charge is -2.20. The lowest BCUT2D eigenvalue weighted by molar-refractivity contribution is 0.0935. The largest absolute Gasteiger partial charge is 0.347 e. The number of hydrogen-bond acceptors (Lipinski definition) is 4. The number of nitrogens with one attached hydrogen (secondary N) is 2. The molecule has 0 radical (unpaired) electrons. The van der Waals surface area contributed by atoms with Crippen molar-refractivity contribution in [1.29, 1.82) is 0 Å². The third-order valence-corrected chi connectivity index (χ3v) is 5.54. The Bertz CT molecular complexity index is 743. The van der Waals surface area contributed by atoms with Gasteiger partial charge >= 0.3 is 0 Å². The standard InChI is InChI=1S/C16H15F2N3OS/c17-9-2-1-3-10(18)14(9)16-19-7-13(23-16)15(22)21-12-6-8-4-5-11(12)20-8/h1-3,7-8,11-12,20H,4-6H2,(H,21,22)/t8-,11+,12-/m1/s1. The normalized spacial score (nSPS) is 25.7. The van der Waals surface area contributed by atoms with E-state index in [1.54, 1.807) is 0 Å². The van der Waals surface area contributed by atoms with Crippen LogP contribution in [0.3, 0.4) is 0 Å². The summed E-state index contributed by atoms with van der Waals surface area (Å²) in [7, 11) is 0. The summed E-state index contributed by atoms with van der Waals surface area (Å²) in [6, 6.07) is 4.62. The Morgan fingerprint density at radius 2 is 2.09 bits per heavy atom. The number of carbonyl (C=O) groups excluding carboxylic acids is 1. The fraction of sp³-hybridized carbons (Fsp3) is 0.375. The van der Waals surface area contributed by atoms with Crippen LogP contribution in [-0.4, -0.2) is 29.0 Å². The zero-order valence-electron chi connectivity index (χ0n) is 12.2. The first-order valence-corrected chi connectivity index (χ1v) is 8.40. The molecular formula is C16H15F2N3OS. The molecule has 0 saturated carbocycles. The van der Waals surface area contributed by atoms with E-state index in [0.717, 1.165) is 30.6 Å². The number of nitrogens with zero attached hydrogens (tertiary/aromatic N) is 1. The van der Waals surface area contributed by atoms with E-state index < -0.39 is 11.6 Å². The van der Waals surface area contributed by atoms with Crippen LogP contribution in [0.2, 0.25) is 0 Å². The molecule has 2 fully saturated rings. The predicted molar refractivity (Wildman–Crippen MR) is 83.3 cm³/mol. The first-order chi connectivity index (χ1) is 11.1. The average molecular weight is 335 g/mol. The molecule has 2 aliphatic rings. The van der Waals surface area contributed by atoms with E-state index >= 15 is 0 Å². The highest BCUT2D eigenvalue weighted by molar-refractivity contribution is 7.16. The van der Waals surface area contributed by atoms with Crippen molar-refractivity contribution in [3.8, 4) is 10.6 Å². The van der Waals surface area contributed by atoms with Crippen molar-refractivity contribution in [2.75, 3.05) is 0 Å². The number of fused-ring (bicyclic) bond motifs is 2. The highest BCUT2D eigenvalue weighted by atomic mass is 32.1. The first kappa shape index (κ1) is 14.7. The number of amides is 1. The summed E-state index contributed by atoms with van der Waals surface area (Å²) in [6.07, 6.45) is 4.55. The van der Waals surface area contributed by atoms with Gasteiger partial charge in [0.15, 0.2) is 0 Å². The molecule has 1 aromatic carbocycles. The summed E-state index contributed by atoms with van der Waals surface area (Å²) in [5.41, 5.74) is -0.182. The summed E-state index contributed by atoms with van der Waals surface area (Å²) in [5.74, 6) is -1.59. The van der Waals surface area contributed by atoms with Crippen molar-refractivity contribution >= 4 is 17.2 Å². The second-order valence-electron chi connectivity index (χ2n) is 5.99. The topological polar surface area (TPSA) is 54.0 Å². The summed E-state index contributed by atoms with van der Waals surface area (Å²) in [6.45, 7) is 0. The fourth-order valence-corrected chi connectivity index (χ4v) is 4.29. The van der Waals surface area contributed by atoms with Crippen LogP contribution >= 0.6 is 11.3 Å². The lowest BCUT2D eigenvalue weighted by Crippen LogP contribution is -2.42. The summed E-state index contributed by atoms with van der Waals surface area (Å²) in [4.78, 5) is 16.7. The monoisotopic (exact) mass is 335 g/mol. The summed E-state index contributed by atoms with van der Waals surface area (Å²) in [5, 5.41) is 6.63. The van der Waals surface area contributed by atoms with Crippen LogP contribution in [0.15, 0.2) is 24.4 Å². The van der Waals surface area contributed by atoms with Gasteiger partial charge in [-0.15, -0.1) is 11.3 Å². The van der Waals surface area contributed by atoms with Gasteiger partial charge in [0.25, 0.3) is 5.91 Å². The van der Waals surface area contributed by atoms with Gasteiger partial charge in [0, 0.05) is 18.1 Å². The van der Waals surface area contributed by atoms with Gasteiger partial charge in [-0.25, -0.2) is 13.8 Å². The Labute approximate surface area is 135 Å². The van der Waals surface area contributed by atoms with Gasteiger partial charge in [0.05, 0.1) is 11.8 Å². The van der Waals surface area contributed by atoms with Crippen LogP contribution in [0.25, 0.3) is 10.6 Å². The van der Waals surface area contributed by atoms with Crippen LogP contribution in [0.1, 0.15) is 28.9 Å². The van der Waals surface area contributed by atoms with Crippen LogP contribution < -0.4 is 10.6 Å². The zero-order chi connectivity index (χ0) is 16.0. The SMILES string of the molecule is O=C(N[C@@H]1C[C@H]2CC[C@@H]1N2)c1cnc(-c2c(F)cccc2F)s1. The Morgan fingerprint density at radius 3 is 2.74 bits per heavy atom. The van der Waals surface area contributed by atoms with Gasteiger partial charge in [-0.3, -0.25) is 4.79 Å². The molecule has 2 aliphatic heterocycles. The van der Waals surface area contributed by atoms with Crippen molar-refractivity contribution in [2.45, 2.75) is 37.4 Å². The van der Waals surface area contributed by atoms with Crippen molar-refractivity contribution in [3.05, 3.63) is 40.9 Å². The van der Waals surface area contributed by atoms with Gasteiger partial charge in [0.1, 0.15) is 21.5 Å². The molecule has 2 aromatic rings. The third kappa shape index (κ3) is 2.64. The van der Waals surface area contributed by atoms with E-state index in [9.17, 15) is 13.6 Å². The predicted octanol–water partition coefficient (Wildman–Crippen LogP) is 2.71. The van der Waals surface area contributed by atoms with Crippen LogP contribution in [0.5, 0.6) is 0 Å². The minimum atomic E-state index is -0.677. The molecule has 4 rings (SSSR count). The van der Waals surface area contributed by atoms with Crippen molar-refractivity contribution in [2.24, 2.45) is 0 Å². The molecule has 0 unspecified atom stereocenters. The minimum absolute atomic E-state index is 0.122. The second kappa shape index (κ2) is 5.65. The second-order valence-corrected chi connectivity index (χ2v) is 7.02.